The Morgan fingerprint density at radius 2 is 1.29 bits per heavy atom. The van der Waals surface area contributed by atoms with Crippen molar-refractivity contribution in [2.75, 3.05) is 5.32 Å². The number of nitrogens with one attached hydrogen (secondary N) is 1. The quantitative estimate of drug-likeness (QED) is 0.726. The van der Waals surface area contributed by atoms with Crippen LogP contribution in [-0.4, -0.2) is 0 Å². The van der Waals surface area contributed by atoms with E-state index in [4.69, 9.17) is 0 Å². The van der Waals surface area contributed by atoms with E-state index in [0.29, 0.717) is 6.07 Å². The largest absolute Gasteiger partial charge is 0.419 e. The summed E-state index contributed by atoms with van der Waals surface area (Å²) in [4.78, 5) is 0. The Kier molecular flexibility index (Phi) is 3.85. The first-order chi connectivity index (χ1) is 9.69. The van der Waals surface area contributed by atoms with Crippen molar-refractivity contribution in [2.45, 2.75) is 12.4 Å². The summed E-state index contributed by atoms with van der Waals surface area (Å²) < 4.78 is 77.3. The first-order valence-corrected chi connectivity index (χ1v) is 5.79. The summed E-state index contributed by atoms with van der Waals surface area (Å²) in [7, 11) is 0. The van der Waals surface area contributed by atoms with Crippen molar-refractivity contribution in [1.29, 1.82) is 0 Å². The molecule has 0 aliphatic carbocycles. The van der Waals surface area contributed by atoms with Crippen molar-refractivity contribution < 1.29 is 26.3 Å². The van der Waals surface area contributed by atoms with Gasteiger partial charge < -0.3 is 5.32 Å². The minimum absolute atomic E-state index is 0.266. The molecule has 2 aromatic carbocycles. The lowest BCUT2D eigenvalue weighted by Gasteiger charge is -2.19. The van der Waals surface area contributed by atoms with E-state index >= 15 is 0 Å². The Morgan fingerprint density at radius 1 is 0.667 bits per heavy atom. The van der Waals surface area contributed by atoms with E-state index in [9.17, 15) is 26.3 Å². The molecule has 0 saturated heterocycles. The van der Waals surface area contributed by atoms with Crippen molar-refractivity contribution in [3.63, 3.8) is 0 Å². The van der Waals surface area contributed by atoms with Gasteiger partial charge in [-0.2, -0.15) is 26.3 Å². The minimum atomic E-state index is -5.12. The fourth-order valence-corrected chi connectivity index (χ4v) is 1.88. The summed E-state index contributed by atoms with van der Waals surface area (Å²) in [6, 6.07) is 9.99. The molecular formula is C14H9F6N. The van der Waals surface area contributed by atoms with Gasteiger partial charge in [-0.15, -0.1) is 0 Å². The average Bonchev–Trinajstić information content (AvgIpc) is 2.37. The molecule has 1 N–H and O–H groups in total. The summed E-state index contributed by atoms with van der Waals surface area (Å²) in [5.41, 5.74) is -3.80. The van der Waals surface area contributed by atoms with Crippen LogP contribution >= 0.6 is 0 Å². The van der Waals surface area contributed by atoms with Crippen molar-refractivity contribution in [3.05, 3.63) is 59.7 Å². The van der Waals surface area contributed by atoms with Crippen molar-refractivity contribution in [2.24, 2.45) is 0 Å². The maximum atomic E-state index is 13.0. The van der Waals surface area contributed by atoms with Crippen LogP contribution in [0.15, 0.2) is 48.5 Å². The van der Waals surface area contributed by atoms with E-state index < -0.39 is 29.2 Å². The number of anilines is 2. The van der Waals surface area contributed by atoms with Gasteiger partial charge in [0, 0.05) is 5.69 Å². The highest BCUT2D eigenvalue weighted by atomic mass is 19.4. The summed E-state index contributed by atoms with van der Waals surface area (Å²) in [6.07, 6.45) is -10.2. The molecule has 2 aromatic rings. The predicted octanol–water partition coefficient (Wildman–Crippen LogP) is 5.47. The van der Waals surface area contributed by atoms with Gasteiger partial charge in [-0.05, 0) is 24.3 Å². The maximum absolute atomic E-state index is 13.0. The molecule has 0 heterocycles. The van der Waals surface area contributed by atoms with Crippen LogP contribution < -0.4 is 5.32 Å². The molecule has 0 unspecified atom stereocenters. The molecule has 0 aliphatic rings. The third kappa shape index (κ3) is 3.48. The molecule has 1 nitrogen and oxygen atoms in total. The zero-order valence-electron chi connectivity index (χ0n) is 10.4. The monoisotopic (exact) mass is 305 g/mol. The molecule has 0 aliphatic heterocycles. The van der Waals surface area contributed by atoms with Gasteiger partial charge in [0.1, 0.15) is 0 Å². The van der Waals surface area contributed by atoms with Gasteiger partial charge in [0.2, 0.25) is 0 Å². The van der Waals surface area contributed by atoms with Gasteiger partial charge in [0.25, 0.3) is 0 Å². The standard InChI is InChI=1S/C14H9F6N/c15-13(16,17)10-7-4-8-11(12(10)14(18,19)20)21-9-5-2-1-3-6-9/h1-8,21H. The van der Waals surface area contributed by atoms with Crippen LogP contribution in [0.4, 0.5) is 37.7 Å². The molecule has 2 rings (SSSR count). The molecule has 112 valence electrons. The Bertz CT molecular complexity index is 616. The van der Waals surface area contributed by atoms with E-state index in [2.05, 4.69) is 5.32 Å². The van der Waals surface area contributed by atoms with E-state index in [1.54, 1.807) is 18.2 Å². The SMILES string of the molecule is FC(F)(F)c1cccc(Nc2ccccc2)c1C(F)(F)F. The lowest BCUT2D eigenvalue weighted by Crippen LogP contribution is -2.18. The summed E-state index contributed by atoms with van der Waals surface area (Å²) in [6.45, 7) is 0. The zero-order chi connectivity index (χ0) is 15.7. The molecule has 0 fully saturated rings. The second-order valence-corrected chi connectivity index (χ2v) is 4.21. The van der Waals surface area contributed by atoms with E-state index in [-0.39, 0.29) is 5.69 Å². The van der Waals surface area contributed by atoms with Crippen LogP contribution in [0.3, 0.4) is 0 Å². The Morgan fingerprint density at radius 3 is 1.81 bits per heavy atom. The second-order valence-electron chi connectivity index (χ2n) is 4.21. The zero-order valence-corrected chi connectivity index (χ0v) is 10.4. The van der Waals surface area contributed by atoms with Gasteiger partial charge in [-0.25, -0.2) is 0 Å². The fourth-order valence-electron chi connectivity index (χ4n) is 1.88. The third-order valence-electron chi connectivity index (χ3n) is 2.71. The lowest BCUT2D eigenvalue weighted by atomic mass is 10.0. The van der Waals surface area contributed by atoms with E-state index in [0.717, 1.165) is 12.1 Å². The molecule has 0 atom stereocenters. The van der Waals surface area contributed by atoms with Crippen molar-refractivity contribution in [3.8, 4) is 0 Å². The number of hydrogen-bond acceptors (Lipinski definition) is 1. The van der Waals surface area contributed by atoms with Gasteiger partial charge in [0.05, 0.1) is 16.8 Å². The highest BCUT2D eigenvalue weighted by molar-refractivity contribution is 5.65. The molecule has 0 aromatic heterocycles. The minimum Gasteiger partial charge on any atom is -0.355 e. The molecular weight excluding hydrogens is 296 g/mol. The number of halogens is 6. The van der Waals surface area contributed by atoms with E-state index in [1.165, 1.54) is 12.1 Å². The Balaban J connectivity index is 2.56. The maximum Gasteiger partial charge on any atom is 0.419 e. The van der Waals surface area contributed by atoms with Gasteiger partial charge in [0.15, 0.2) is 0 Å². The fraction of sp³-hybridized carbons (Fsp3) is 0.143. The highest BCUT2D eigenvalue weighted by Gasteiger charge is 2.44. The number of alkyl halides is 6. The van der Waals surface area contributed by atoms with Crippen molar-refractivity contribution in [1.82, 2.24) is 0 Å². The van der Waals surface area contributed by atoms with Crippen LogP contribution in [0.1, 0.15) is 11.1 Å². The average molecular weight is 305 g/mol. The first kappa shape index (κ1) is 15.2. The van der Waals surface area contributed by atoms with Crippen LogP contribution in [0.5, 0.6) is 0 Å². The molecule has 0 radical (unpaired) electrons. The number of rotatable bonds is 2. The number of hydrogen-bond donors (Lipinski definition) is 1. The predicted molar refractivity (Wildman–Crippen MR) is 66.2 cm³/mol. The Labute approximate surface area is 116 Å². The first-order valence-electron chi connectivity index (χ1n) is 5.79. The number of para-hydroxylation sites is 1. The van der Waals surface area contributed by atoms with Gasteiger partial charge >= 0.3 is 12.4 Å². The normalized spacial score (nSPS) is 12.3. The third-order valence-corrected chi connectivity index (χ3v) is 2.71. The summed E-state index contributed by atoms with van der Waals surface area (Å²) >= 11 is 0. The van der Waals surface area contributed by atoms with Crippen molar-refractivity contribution >= 4 is 11.4 Å². The van der Waals surface area contributed by atoms with Crippen LogP contribution in [0.2, 0.25) is 0 Å². The van der Waals surface area contributed by atoms with E-state index in [1.807, 2.05) is 0 Å². The topological polar surface area (TPSA) is 12.0 Å². The van der Waals surface area contributed by atoms with Gasteiger partial charge in [-0.1, -0.05) is 24.3 Å². The molecule has 0 saturated carbocycles. The lowest BCUT2D eigenvalue weighted by molar-refractivity contribution is -0.161. The number of benzene rings is 2. The molecule has 0 amide bonds. The molecule has 21 heavy (non-hydrogen) atoms. The molecule has 7 heteroatoms. The molecule has 0 spiro atoms. The van der Waals surface area contributed by atoms with Crippen LogP contribution in [-0.2, 0) is 12.4 Å². The van der Waals surface area contributed by atoms with Crippen LogP contribution in [0.25, 0.3) is 0 Å². The van der Waals surface area contributed by atoms with Crippen LogP contribution in [0, 0.1) is 0 Å². The highest BCUT2D eigenvalue weighted by Crippen LogP contribution is 2.44. The second kappa shape index (κ2) is 5.31. The van der Waals surface area contributed by atoms with Gasteiger partial charge in [-0.3, -0.25) is 0 Å². The smallest absolute Gasteiger partial charge is 0.355 e. The summed E-state index contributed by atoms with van der Waals surface area (Å²) in [5.74, 6) is 0. The Hall–Kier alpha value is -2.18. The summed E-state index contributed by atoms with van der Waals surface area (Å²) in [5, 5.41) is 2.37. The molecule has 0 bridgehead atoms.